The van der Waals surface area contributed by atoms with Gasteiger partial charge in [0.25, 0.3) is 0 Å². The number of alkyl halides is 3. The molecule has 1 aromatic carbocycles. The fourth-order valence-electron chi connectivity index (χ4n) is 2.78. The Bertz CT molecular complexity index is 927. The number of amides is 2. The highest BCUT2D eigenvalue weighted by Crippen LogP contribution is 2.25. The van der Waals surface area contributed by atoms with Gasteiger partial charge in [-0.3, -0.25) is 9.59 Å². The van der Waals surface area contributed by atoms with Crippen LogP contribution in [-0.4, -0.2) is 62.0 Å². The van der Waals surface area contributed by atoms with Crippen LogP contribution in [0.1, 0.15) is 16.9 Å². The van der Waals surface area contributed by atoms with Crippen molar-refractivity contribution in [3.63, 3.8) is 0 Å². The second-order valence-electron chi connectivity index (χ2n) is 6.18. The normalized spacial score (nSPS) is 17.0. The van der Waals surface area contributed by atoms with Crippen LogP contribution < -0.4 is 5.32 Å². The topological polar surface area (TPSA) is 117 Å². The third-order valence-electron chi connectivity index (χ3n) is 4.05. The third-order valence-corrected chi connectivity index (χ3v) is 4.05. The molecule has 1 atom stereocenters. The summed E-state index contributed by atoms with van der Waals surface area (Å²) in [5.74, 6) is -3.46. The Morgan fingerprint density at radius 2 is 2.07 bits per heavy atom. The Kier molecular flexibility index (Phi) is 5.03. The standard InChI is InChI=1S/C16H14F3N5O4/c17-16(18,19)8-23-6-9(4-13(23)25)14(26)20-10-2-1-3-11(5-10)24-7-12(15(27)28)21-22-24/h1-3,5,7,9H,4,6,8H2,(H,20,26)(H,27,28). The van der Waals surface area contributed by atoms with Crippen molar-refractivity contribution in [2.75, 3.05) is 18.4 Å². The minimum Gasteiger partial charge on any atom is -0.476 e. The Morgan fingerprint density at radius 1 is 1.32 bits per heavy atom. The molecule has 1 aliphatic rings. The lowest BCUT2D eigenvalue weighted by molar-refractivity contribution is -0.157. The Labute approximate surface area is 155 Å². The number of hydrogen-bond acceptors (Lipinski definition) is 5. The van der Waals surface area contributed by atoms with E-state index in [0.29, 0.717) is 16.3 Å². The molecule has 0 bridgehead atoms. The molecule has 0 aliphatic carbocycles. The van der Waals surface area contributed by atoms with Crippen molar-refractivity contribution in [1.29, 1.82) is 0 Å². The number of carbonyl (C=O) groups is 3. The van der Waals surface area contributed by atoms with E-state index in [4.69, 9.17) is 5.11 Å². The zero-order valence-electron chi connectivity index (χ0n) is 14.2. The molecule has 1 fully saturated rings. The highest BCUT2D eigenvalue weighted by Gasteiger charge is 2.40. The van der Waals surface area contributed by atoms with Gasteiger partial charge in [-0.1, -0.05) is 11.3 Å². The molecule has 1 aliphatic heterocycles. The summed E-state index contributed by atoms with van der Waals surface area (Å²) in [5.41, 5.74) is 0.472. The number of benzene rings is 1. The molecule has 1 unspecified atom stereocenters. The monoisotopic (exact) mass is 397 g/mol. The number of rotatable bonds is 5. The maximum atomic E-state index is 12.5. The van der Waals surface area contributed by atoms with Crippen LogP contribution in [0.3, 0.4) is 0 Å². The van der Waals surface area contributed by atoms with Gasteiger partial charge in [0.2, 0.25) is 11.8 Å². The minimum atomic E-state index is -4.53. The molecule has 0 radical (unpaired) electrons. The number of nitrogens with one attached hydrogen (secondary N) is 1. The van der Waals surface area contributed by atoms with E-state index in [-0.39, 0.29) is 18.7 Å². The van der Waals surface area contributed by atoms with Crippen molar-refractivity contribution < 1.29 is 32.7 Å². The maximum Gasteiger partial charge on any atom is 0.406 e. The Morgan fingerprint density at radius 3 is 2.71 bits per heavy atom. The summed E-state index contributed by atoms with van der Waals surface area (Å²) in [6, 6.07) is 6.20. The third kappa shape index (κ3) is 4.45. The van der Waals surface area contributed by atoms with Crippen molar-refractivity contribution in [1.82, 2.24) is 19.9 Å². The van der Waals surface area contributed by atoms with E-state index >= 15 is 0 Å². The Hall–Kier alpha value is -3.44. The van der Waals surface area contributed by atoms with Crippen LogP contribution in [-0.2, 0) is 9.59 Å². The lowest BCUT2D eigenvalue weighted by atomic mass is 10.1. The van der Waals surface area contributed by atoms with Crippen molar-refractivity contribution in [3.05, 3.63) is 36.2 Å². The van der Waals surface area contributed by atoms with E-state index < -0.39 is 36.4 Å². The first-order valence-corrected chi connectivity index (χ1v) is 8.04. The van der Waals surface area contributed by atoms with Gasteiger partial charge in [-0.05, 0) is 18.2 Å². The van der Waals surface area contributed by atoms with Gasteiger partial charge in [0, 0.05) is 18.7 Å². The number of carboxylic acids is 1. The van der Waals surface area contributed by atoms with Crippen molar-refractivity contribution in [3.8, 4) is 5.69 Å². The molecule has 3 rings (SSSR count). The molecule has 0 spiro atoms. The van der Waals surface area contributed by atoms with Crippen molar-refractivity contribution in [2.24, 2.45) is 5.92 Å². The van der Waals surface area contributed by atoms with Crippen LogP contribution in [0.15, 0.2) is 30.5 Å². The number of likely N-dealkylation sites (tertiary alicyclic amines) is 1. The summed E-state index contributed by atoms with van der Waals surface area (Å²) in [4.78, 5) is 35.5. The Balaban J connectivity index is 1.68. The summed E-state index contributed by atoms with van der Waals surface area (Å²) >= 11 is 0. The average molecular weight is 397 g/mol. The van der Waals surface area contributed by atoms with Gasteiger partial charge < -0.3 is 15.3 Å². The van der Waals surface area contributed by atoms with E-state index in [2.05, 4.69) is 15.6 Å². The molecular formula is C16H14F3N5O4. The number of aromatic nitrogens is 3. The average Bonchev–Trinajstić information content (AvgIpc) is 3.22. The molecule has 2 amide bonds. The van der Waals surface area contributed by atoms with Crippen LogP contribution in [0, 0.1) is 5.92 Å². The predicted octanol–water partition coefficient (Wildman–Crippen LogP) is 1.31. The molecule has 2 N–H and O–H groups in total. The summed E-state index contributed by atoms with van der Waals surface area (Å²) in [5, 5.41) is 18.6. The van der Waals surface area contributed by atoms with E-state index in [1.807, 2.05) is 0 Å². The lowest BCUT2D eigenvalue weighted by Gasteiger charge is -2.18. The van der Waals surface area contributed by atoms with Gasteiger partial charge in [0.05, 0.1) is 17.8 Å². The van der Waals surface area contributed by atoms with Gasteiger partial charge in [0.1, 0.15) is 6.54 Å². The summed E-state index contributed by atoms with van der Waals surface area (Å²) in [6.07, 6.45) is -3.64. The molecular weight excluding hydrogens is 383 g/mol. The lowest BCUT2D eigenvalue weighted by Crippen LogP contribution is -2.36. The summed E-state index contributed by atoms with van der Waals surface area (Å²) < 4.78 is 38.6. The molecule has 2 heterocycles. The van der Waals surface area contributed by atoms with Crippen LogP contribution in [0.5, 0.6) is 0 Å². The number of carbonyl (C=O) groups excluding carboxylic acids is 2. The van der Waals surface area contributed by atoms with E-state index in [1.54, 1.807) is 18.2 Å². The van der Waals surface area contributed by atoms with Crippen molar-refractivity contribution >= 4 is 23.5 Å². The first-order valence-electron chi connectivity index (χ1n) is 8.04. The zero-order valence-corrected chi connectivity index (χ0v) is 14.2. The summed E-state index contributed by atoms with van der Waals surface area (Å²) in [7, 11) is 0. The SMILES string of the molecule is O=C(O)c1cn(-c2cccc(NC(=O)C3CC(=O)N(CC(F)(F)F)C3)c2)nn1. The van der Waals surface area contributed by atoms with Gasteiger partial charge in [-0.2, -0.15) is 13.2 Å². The summed E-state index contributed by atoms with van der Waals surface area (Å²) in [6.45, 7) is -1.70. The molecule has 1 aromatic heterocycles. The minimum absolute atomic E-state index is 0.260. The highest BCUT2D eigenvalue weighted by molar-refractivity contribution is 5.97. The van der Waals surface area contributed by atoms with Gasteiger partial charge in [-0.25, -0.2) is 9.48 Å². The fourth-order valence-corrected chi connectivity index (χ4v) is 2.78. The largest absolute Gasteiger partial charge is 0.476 e. The number of anilines is 1. The molecule has 28 heavy (non-hydrogen) atoms. The fraction of sp³-hybridized carbons (Fsp3) is 0.312. The van der Waals surface area contributed by atoms with E-state index in [0.717, 1.165) is 0 Å². The van der Waals surface area contributed by atoms with Gasteiger partial charge in [0.15, 0.2) is 5.69 Å². The van der Waals surface area contributed by atoms with Crippen molar-refractivity contribution in [2.45, 2.75) is 12.6 Å². The van der Waals surface area contributed by atoms with Gasteiger partial charge in [-0.15, -0.1) is 5.10 Å². The maximum absolute atomic E-state index is 12.5. The van der Waals surface area contributed by atoms with Crippen LogP contribution in [0.2, 0.25) is 0 Å². The zero-order chi connectivity index (χ0) is 20.5. The molecule has 9 nitrogen and oxygen atoms in total. The molecule has 1 saturated heterocycles. The smallest absolute Gasteiger partial charge is 0.406 e. The highest BCUT2D eigenvalue weighted by atomic mass is 19.4. The van der Waals surface area contributed by atoms with E-state index in [9.17, 15) is 27.6 Å². The molecule has 148 valence electrons. The van der Waals surface area contributed by atoms with E-state index in [1.165, 1.54) is 16.9 Å². The number of hydrogen-bond donors (Lipinski definition) is 2. The number of halogens is 3. The number of carboxylic acid groups (broad SMARTS) is 1. The molecule has 12 heteroatoms. The second kappa shape index (κ2) is 7.29. The van der Waals surface area contributed by atoms with Crippen LogP contribution in [0.4, 0.5) is 18.9 Å². The first-order chi connectivity index (χ1) is 13.1. The quantitative estimate of drug-likeness (QED) is 0.786. The molecule has 0 saturated carbocycles. The molecule has 2 aromatic rings. The predicted molar refractivity (Wildman–Crippen MR) is 87.7 cm³/mol. The first kappa shape index (κ1) is 19.3. The van der Waals surface area contributed by atoms with Crippen LogP contribution in [0.25, 0.3) is 5.69 Å². The number of aromatic carboxylic acids is 1. The van der Waals surface area contributed by atoms with Gasteiger partial charge >= 0.3 is 12.1 Å². The number of nitrogens with zero attached hydrogens (tertiary/aromatic N) is 4. The van der Waals surface area contributed by atoms with Crippen LogP contribution >= 0.6 is 0 Å². The second-order valence-corrected chi connectivity index (χ2v) is 6.18.